The van der Waals surface area contributed by atoms with Crippen LogP contribution < -0.4 is 5.32 Å². The number of hydrogen-bond donors (Lipinski definition) is 1. The van der Waals surface area contributed by atoms with E-state index < -0.39 is 6.04 Å². The predicted molar refractivity (Wildman–Crippen MR) is 109 cm³/mol. The third-order valence-electron chi connectivity index (χ3n) is 5.16. The Bertz CT molecular complexity index is 1010. The van der Waals surface area contributed by atoms with Crippen molar-refractivity contribution in [2.45, 2.75) is 45.6 Å². The monoisotopic (exact) mass is 394 g/mol. The summed E-state index contributed by atoms with van der Waals surface area (Å²) in [7, 11) is 0. The molecule has 0 saturated carbocycles. The van der Waals surface area contributed by atoms with Crippen LogP contribution in [0.4, 0.5) is 5.00 Å². The highest BCUT2D eigenvalue weighted by Gasteiger charge is 2.28. The Morgan fingerprint density at radius 1 is 1.18 bits per heavy atom. The Balaban J connectivity index is 1.69. The second-order valence-corrected chi connectivity index (χ2v) is 8.26. The number of amides is 1. The Labute approximate surface area is 167 Å². The number of carbonyl (C=O) groups is 2. The summed E-state index contributed by atoms with van der Waals surface area (Å²) < 4.78 is 1.50. The predicted octanol–water partition coefficient (Wildman–Crippen LogP) is 3.96. The Morgan fingerprint density at radius 3 is 2.64 bits per heavy atom. The lowest BCUT2D eigenvalue weighted by molar-refractivity contribution is -0.119. The van der Waals surface area contributed by atoms with E-state index in [1.54, 1.807) is 6.92 Å². The van der Waals surface area contributed by atoms with E-state index in [0.29, 0.717) is 16.1 Å². The molecule has 4 rings (SSSR count). The molecule has 0 fully saturated rings. The third kappa shape index (κ3) is 3.49. The molecule has 28 heavy (non-hydrogen) atoms. The highest BCUT2D eigenvalue weighted by Crippen LogP contribution is 2.39. The van der Waals surface area contributed by atoms with Gasteiger partial charge in [0.2, 0.25) is 5.91 Å². The topological polar surface area (TPSA) is 76.9 Å². The third-order valence-corrected chi connectivity index (χ3v) is 6.37. The van der Waals surface area contributed by atoms with Gasteiger partial charge in [-0.1, -0.05) is 29.8 Å². The zero-order valence-corrected chi connectivity index (χ0v) is 16.8. The normalized spacial score (nSPS) is 14.4. The zero-order valence-electron chi connectivity index (χ0n) is 15.9. The van der Waals surface area contributed by atoms with Gasteiger partial charge in [0.15, 0.2) is 5.78 Å². The SMILES string of the molecule is Cc1ccc(C(=O)c2c(NC(=O)C(C)n3cncn3)sc3c2CCCC3)cc1. The molecule has 6 nitrogen and oxygen atoms in total. The van der Waals surface area contributed by atoms with Gasteiger partial charge in [-0.3, -0.25) is 9.59 Å². The zero-order chi connectivity index (χ0) is 19.7. The Morgan fingerprint density at radius 2 is 1.93 bits per heavy atom. The highest BCUT2D eigenvalue weighted by atomic mass is 32.1. The molecule has 0 bridgehead atoms. The number of anilines is 1. The van der Waals surface area contributed by atoms with Crippen molar-refractivity contribution in [1.82, 2.24) is 14.8 Å². The summed E-state index contributed by atoms with van der Waals surface area (Å²) in [5, 5.41) is 7.67. The summed E-state index contributed by atoms with van der Waals surface area (Å²) in [4.78, 5) is 31.2. The first kappa shape index (κ1) is 18.6. The van der Waals surface area contributed by atoms with Crippen LogP contribution in [0, 0.1) is 6.92 Å². The minimum Gasteiger partial charge on any atom is -0.315 e. The molecule has 1 amide bonds. The largest absolute Gasteiger partial charge is 0.315 e. The lowest BCUT2D eigenvalue weighted by Crippen LogP contribution is -2.24. The second-order valence-electron chi connectivity index (χ2n) is 7.15. The van der Waals surface area contributed by atoms with Crippen molar-refractivity contribution in [1.29, 1.82) is 0 Å². The van der Waals surface area contributed by atoms with E-state index in [2.05, 4.69) is 15.4 Å². The van der Waals surface area contributed by atoms with E-state index in [4.69, 9.17) is 0 Å². The van der Waals surface area contributed by atoms with Gasteiger partial charge in [0.25, 0.3) is 0 Å². The fourth-order valence-corrected chi connectivity index (χ4v) is 4.79. The quantitative estimate of drug-likeness (QED) is 0.665. The number of fused-ring (bicyclic) bond motifs is 1. The van der Waals surface area contributed by atoms with E-state index in [1.165, 1.54) is 33.6 Å². The maximum atomic E-state index is 13.3. The molecule has 0 radical (unpaired) electrons. The van der Waals surface area contributed by atoms with Gasteiger partial charge in [0.1, 0.15) is 23.7 Å². The summed E-state index contributed by atoms with van der Waals surface area (Å²) in [6.07, 6.45) is 6.95. The van der Waals surface area contributed by atoms with Crippen LogP contribution in [0.5, 0.6) is 0 Å². The number of ketones is 1. The Hall–Kier alpha value is -2.80. The fourth-order valence-electron chi connectivity index (χ4n) is 3.50. The smallest absolute Gasteiger partial charge is 0.249 e. The van der Waals surface area contributed by atoms with Gasteiger partial charge in [-0.05, 0) is 45.1 Å². The molecule has 144 valence electrons. The van der Waals surface area contributed by atoms with Crippen molar-refractivity contribution in [2.24, 2.45) is 0 Å². The maximum Gasteiger partial charge on any atom is 0.249 e. The molecule has 1 atom stereocenters. The van der Waals surface area contributed by atoms with E-state index >= 15 is 0 Å². The molecule has 2 aromatic heterocycles. The van der Waals surface area contributed by atoms with Crippen LogP contribution in [-0.2, 0) is 17.6 Å². The van der Waals surface area contributed by atoms with Crippen molar-refractivity contribution in [2.75, 3.05) is 5.32 Å². The van der Waals surface area contributed by atoms with Crippen molar-refractivity contribution in [3.63, 3.8) is 0 Å². The summed E-state index contributed by atoms with van der Waals surface area (Å²) in [5.41, 5.74) is 3.52. The molecule has 1 aromatic carbocycles. The summed E-state index contributed by atoms with van der Waals surface area (Å²) in [6.45, 7) is 3.76. The van der Waals surface area contributed by atoms with Crippen LogP contribution in [0.3, 0.4) is 0 Å². The van der Waals surface area contributed by atoms with E-state index in [1.807, 2.05) is 31.2 Å². The number of carbonyl (C=O) groups excluding carboxylic acids is 2. The number of benzene rings is 1. The van der Waals surface area contributed by atoms with Gasteiger partial charge in [0, 0.05) is 10.4 Å². The van der Waals surface area contributed by atoms with Gasteiger partial charge in [-0.25, -0.2) is 9.67 Å². The van der Waals surface area contributed by atoms with E-state index in [-0.39, 0.29) is 11.7 Å². The molecule has 0 spiro atoms. The van der Waals surface area contributed by atoms with Crippen LogP contribution in [0.25, 0.3) is 0 Å². The molecule has 0 aliphatic heterocycles. The average Bonchev–Trinajstić information content (AvgIpc) is 3.35. The molecular weight excluding hydrogens is 372 g/mol. The van der Waals surface area contributed by atoms with Crippen molar-refractivity contribution in [3.8, 4) is 0 Å². The maximum absolute atomic E-state index is 13.3. The number of aryl methyl sites for hydroxylation is 2. The number of rotatable bonds is 5. The van der Waals surface area contributed by atoms with Crippen LogP contribution in [0.2, 0.25) is 0 Å². The number of nitrogens with one attached hydrogen (secondary N) is 1. The first-order chi connectivity index (χ1) is 13.5. The number of aromatic nitrogens is 3. The molecule has 1 N–H and O–H groups in total. The molecular formula is C21H22N4O2S. The van der Waals surface area contributed by atoms with Crippen LogP contribution in [-0.4, -0.2) is 26.5 Å². The molecule has 3 aromatic rings. The van der Waals surface area contributed by atoms with Crippen LogP contribution in [0.15, 0.2) is 36.9 Å². The van der Waals surface area contributed by atoms with Crippen molar-refractivity contribution < 1.29 is 9.59 Å². The van der Waals surface area contributed by atoms with E-state index in [9.17, 15) is 9.59 Å². The van der Waals surface area contributed by atoms with Crippen LogP contribution in [0.1, 0.15) is 57.7 Å². The molecule has 0 saturated heterocycles. The van der Waals surface area contributed by atoms with Crippen molar-refractivity contribution >= 4 is 28.0 Å². The molecule has 1 aliphatic rings. The molecule has 1 aliphatic carbocycles. The average molecular weight is 395 g/mol. The first-order valence-corrected chi connectivity index (χ1v) is 10.3. The van der Waals surface area contributed by atoms with Crippen LogP contribution >= 0.6 is 11.3 Å². The fraction of sp³-hybridized carbons (Fsp3) is 0.333. The molecule has 1 unspecified atom stereocenters. The van der Waals surface area contributed by atoms with Gasteiger partial charge in [-0.15, -0.1) is 11.3 Å². The van der Waals surface area contributed by atoms with E-state index in [0.717, 1.165) is 36.8 Å². The van der Waals surface area contributed by atoms with Gasteiger partial charge in [0.05, 0.1) is 5.56 Å². The van der Waals surface area contributed by atoms with Gasteiger partial charge in [-0.2, -0.15) is 5.10 Å². The summed E-state index contributed by atoms with van der Waals surface area (Å²) in [6, 6.07) is 7.08. The number of thiophene rings is 1. The first-order valence-electron chi connectivity index (χ1n) is 9.45. The van der Waals surface area contributed by atoms with Crippen molar-refractivity contribution in [3.05, 3.63) is 64.1 Å². The minimum absolute atomic E-state index is 0.0249. The molecule has 7 heteroatoms. The standard InChI is InChI=1S/C21H22N4O2S/c1-13-7-9-15(10-8-13)19(26)18-16-5-3-4-6-17(16)28-21(18)24-20(27)14(2)25-12-22-11-23-25/h7-12,14H,3-6H2,1-2H3,(H,24,27). The number of hydrogen-bond acceptors (Lipinski definition) is 5. The summed E-state index contributed by atoms with van der Waals surface area (Å²) >= 11 is 1.53. The van der Waals surface area contributed by atoms with Gasteiger partial charge >= 0.3 is 0 Å². The number of nitrogens with zero attached hydrogens (tertiary/aromatic N) is 3. The minimum atomic E-state index is -0.510. The highest BCUT2D eigenvalue weighted by molar-refractivity contribution is 7.17. The second kappa shape index (κ2) is 7.67. The Kier molecular flexibility index (Phi) is 5.09. The lowest BCUT2D eigenvalue weighted by Gasteiger charge is -2.14. The lowest BCUT2D eigenvalue weighted by atomic mass is 9.91. The van der Waals surface area contributed by atoms with Gasteiger partial charge < -0.3 is 5.32 Å². The molecule has 2 heterocycles. The summed E-state index contributed by atoms with van der Waals surface area (Å²) in [5.74, 6) is -0.231.